The second-order valence-corrected chi connectivity index (χ2v) is 3.92. The second kappa shape index (κ2) is 6.37. The maximum Gasteiger partial charge on any atom is 0.103 e. The van der Waals surface area contributed by atoms with Crippen molar-refractivity contribution in [2.24, 2.45) is 0 Å². The highest BCUT2D eigenvalue weighted by atomic mass is 35.5. The van der Waals surface area contributed by atoms with E-state index < -0.39 is 0 Å². The van der Waals surface area contributed by atoms with Crippen LogP contribution in [0.15, 0.2) is 18.2 Å². The van der Waals surface area contributed by atoms with Crippen molar-refractivity contribution >= 4 is 17.3 Å². The van der Waals surface area contributed by atoms with E-state index in [1.54, 1.807) is 13.2 Å². The molecular formula is C12H15ClN2O. The van der Waals surface area contributed by atoms with Crippen molar-refractivity contribution in [3.05, 3.63) is 28.8 Å². The highest BCUT2D eigenvalue weighted by Crippen LogP contribution is 2.25. The Bertz CT molecular complexity index is 387. The summed E-state index contributed by atoms with van der Waals surface area (Å²) in [5.41, 5.74) is 1.40. The Labute approximate surface area is 101 Å². The average Bonchev–Trinajstić information content (AvgIpc) is 2.29. The molecule has 0 spiro atoms. The van der Waals surface area contributed by atoms with Gasteiger partial charge in [0.25, 0.3) is 0 Å². The van der Waals surface area contributed by atoms with Crippen LogP contribution >= 0.6 is 11.6 Å². The molecule has 0 fully saturated rings. The molecule has 0 bridgehead atoms. The van der Waals surface area contributed by atoms with Gasteiger partial charge in [-0.15, -0.1) is 0 Å². The van der Waals surface area contributed by atoms with Gasteiger partial charge in [0.15, 0.2) is 0 Å². The van der Waals surface area contributed by atoms with Crippen molar-refractivity contribution in [2.75, 3.05) is 32.2 Å². The van der Waals surface area contributed by atoms with Crippen LogP contribution in [0.3, 0.4) is 0 Å². The minimum atomic E-state index is 0.499. The summed E-state index contributed by atoms with van der Waals surface area (Å²) >= 11 is 5.96. The molecule has 0 heterocycles. The molecule has 4 heteroatoms. The lowest BCUT2D eigenvalue weighted by Gasteiger charge is -2.20. The second-order valence-electron chi connectivity index (χ2n) is 3.51. The Morgan fingerprint density at radius 3 is 2.88 bits per heavy atom. The molecule has 1 aromatic carbocycles. The lowest BCUT2D eigenvalue weighted by atomic mass is 10.1. The standard InChI is InChI=1S/C12H15ClN2O/c1-15(7-4-8-16-2)12-6-3-5-11(13)10(12)9-14/h3,5-6H,4,7-8H2,1-2H3. The molecule has 1 rings (SSSR count). The predicted octanol–water partition coefficient (Wildman–Crippen LogP) is 2.68. The third kappa shape index (κ3) is 3.13. The fourth-order valence-electron chi connectivity index (χ4n) is 1.51. The Morgan fingerprint density at radius 1 is 1.50 bits per heavy atom. The molecule has 0 radical (unpaired) electrons. The first-order valence-corrected chi connectivity index (χ1v) is 5.47. The van der Waals surface area contributed by atoms with Crippen LogP contribution in [-0.2, 0) is 4.74 Å². The number of anilines is 1. The van der Waals surface area contributed by atoms with Gasteiger partial charge in [0.2, 0.25) is 0 Å². The van der Waals surface area contributed by atoms with Gasteiger partial charge < -0.3 is 9.64 Å². The molecule has 3 nitrogen and oxygen atoms in total. The van der Waals surface area contributed by atoms with Crippen LogP contribution in [0.25, 0.3) is 0 Å². The van der Waals surface area contributed by atoms with Gasteiger partial charge in [-0.25, -0.2) is 0 Å². The lowest BCUT2D eigenvalue weighted by Crippen LogP contribution is -2.20. The first-order valence-electron chi connectivity index (χ1n) is 5.09. The van der Waals surface area contributed by atoms with Gasteiger partial charge in [0.1, 0.15) is 6.07 Å². The van der Waals surface area contributed by atoms with Gasteiger partial charge in [-0.05, 0) is 18.6 Å². The maximum absolute atomic E-state index is 9.03. The third-order valence-corrected chi connectivity index (χ3v) is 2.67. The highest BCUT2D eigenvalue weighted by molar-refractivity contribution is 6.32. The zero-order chi connectivity index (χ0) is 12.0. The van der Waals surface area contributed by atoms with E-state index in [4.69, 9.17) is 21.6 Å². The first kappa shape index (κ1) is 12.8. The molecule has 0 aliphatic heterocycles. The van der Waals surface area contributed by atoms with E-state index in [1.807, 2.05) is 24.1 Å². The lowest BCUT2D eigenvalue weighted by molar-refractivity contribution is 0.196. The Kier molecular flexibility index (Phi) is 5.10. The summed E-state index contributed by atoms with van der Waals surface area (Å²) in [6.07, 6.45) is 0.921. The fourth-order valence-corrected chi connectivity index (χ4v) is 1.72. The van der Waals surface area contributed by atoms with Crippen molar-refractivity contribution in [1.29, 1.82) is 5.26 Å². The SMILES string of the molecule is COCCCN(C)c1cccc(Cl)c1C#N. The number of benzene rings is 1. The molecule has 0 aliphatic carbocycles. The average molecular weight is 239 g/mol. The molecule has 1 aromatic rings. The molecule has 0 N–H and O–H groups in total. The molecular weight excluding hydrogens is 224 g/mol. The highest BCUT2D eigenvalue weighted by Gasteiger charge is 2.09. The van der Waals surface area contributed by atoms with Crippen LogP contribution in [0.1, 0.15) is 12.0 Å². The number of hydrogen-bond donors (Lipinski definition) is 0. The number of ether oxygens (including phenoxy) is 1. The first-order chi connectivity index (χ1) is 7.70. The maximum atomic E-state index is 9.03. The molecule has 0 aliphatic rings. The van der Waals surface area contributed by atoms with Crippen molar-refractivity contribution in [2.45, 2.75) is 6.42 Å². The van der Waals surface area contributed by atoms with Gasteiger partial charge in [-0.2, -0.15) is 5.26 Å². The smallest absolute Gasteiger partial charge is 0.103 e. The summed E-state index contributed by atoms with van der Waals surface area (Å²) in [5, 5.41) is 9.53. The topological polar surface area (TPSA) is 36.3 Å². The molecule has 16 heavy (non-hydrogen) atoms. The summed E-state index contributed by atoms with van der Waals surface area (Å²) in [4.78, 5) is 2.02. The van der Waals surface area contributed by atoms with E-state index in [1.165, 1.54) is 0 Å². The number of nitrogens with zero attached hydrogens (tertiary/aromatic N) is 2. The summed E-state index contributed by atoms with van der Waals surface area (Å²) in [6.45, 7) is 1.55. The Balaban J connectivity index is 2.79. The quantitative estimate of drug-likeness (QED) is 0.740. The van der Waals surface area contributed by atoms with Crippen LogP contribution in [-0.4, -0.2) is 27.3 Å². The summed E-state index contributed by atoms with van der Waals surface area (Å²) in [7, 11) is 3.63. The number of halogens is 1. The predicted molar refractivity (Wildman–Crippen MR) is 65.9 cm³/mol. The van der Waals surface area contributed by atoms with Crippen molar-refractivity contribution < 1.29 is 4.74 Å². The van der Waals surface area contributed by atoms with E-state index in [0.29, 0.717) is 17.2 Å². The summed E-state index contributed by atoms with van der Waals surface area (Å²) in [5.74, 6) is 0. The molecule has 0 amide bonds. The largest absolute Gasteiger partial charge is 0.385 e. The van der Waals surface area contributed by atoms with Crippen molar-refractivity contribution in [3.8, 4) is 6.07 Å². The van der Waals surface area contributed by atoms with E-state index in [-0.39, 0.29) is 0 Å². The summed E-state index contributed by atoms with van der Waals surface area (Å²) in [6, 6.07) is 7.61. The molecule has 0 saturated carbocycles. The molecule has 0 atom stereocenters. The number of rotatable bonds is 5. The van der Waals surface area contributed by atoms with Crippen LogP contribution < -0.4 is 4.90 Å². The van der Waals surface area contributed by atoms with Crippen LogP contribution in [0, 0.1) is 11.3 Å². The fraction of sp³-hybridized carbons (Fsp3) is 0.417. The molecule has 0 saturated heterocycles. The third-order valence-electron chi connectivity index (χ3n) is 2.36. The van der Waals surface area contributed by atoms with Crippen molar-refractivity contribution in [3.63, 3.8) is 0 Å². The minimum absolute atomic E-state index is 0.499. The molecule has 86 valence electrons. The van der Waals surface area contributed by atoms with E-state index in [2.05, 4.69) is 6.07 Å². The minimum Gasteiger partial charge on any atom is -0.385 e. The zero-order valence-electron chi connectivity index (χ0n) is 9.53. The normalized spacial score (nSPS) is 9.88. The van der Waals surface area contributed by atoms with Crippen molar-refractivity contribution in [1.82, 2.24) is 0 Å². The Hall–Kier alpha value is -1.24. The van der Waals surface area contributed by atoms with E-state index >= 15 is 0 Å². The number of methoxy groups -OCH3 is 1. The van der Waals surface area contributed by atoms with Gasteiger partial charge in [0, 0.05) is 27.3 Å². The van der Waals surface area contributed by atoms with E-state index in [9.17, 15) is 0 Å². The van der Waals surface area contributed by atoms with Gasteiger partial charge in [-0.1, -0.05) is 17.7 Å². The Morgan fingerprint density at radius 2 is 2.25 bits per heavy atom. The van der Waals surface area contributed by atoms with Crippen LogP contribution in [0.5, 0.6) is 0 Å². The molecule has 0 aromatic heterocycles. The van der Waals surface area contributed by atoms with Gasteiger partial charge >= 0.3 is 0 Å². The zero-order valence-corrected chi connectivity index (χ0v) is 10.3. The van der Waals surface area contributed by atoms with E-state index in [0.717, 1.165) is 18.7 Å². The van der Waals surface area contributed by atoms with Crippen LogP contribution in [0.2, 0.25) is 5.02 Å². The summed E-state index contributed by atoms with van der Waals surface area (Å²) < 4.78 is 4.99. The van der Waals surface area contributed by atoms with Crippen LogP contribution in [0.4, 0.5) is 5.69 Å². The van der Waals surface area contributed by atoms with Gasteiger partial charge in [-0.3, -0.25) is 0 Å². The molecule has 0 unspecified atom stereocenters. The van der Waals surface area contributed by atoms with Gasteiger partial charge in [0.05, 0.1) is 16.3 Å². The number of hydrogen-bond acceptors (Lipinski definition) is 3. The monoisotopic (exact) mass is 238 g/mol. The number of nitriles is 1.